The van der Waals surface area contributed by atoms with Crippen molar-refractivity contribution in [2.75, 3.05) is 13.2 Å². The molecule has 0 rings (SSSR count). The van der Waals surface area contributed by atoms with E-state index in [-0.39, 0.29) is 11.9 Å². The van der Waals surface area contributed by atoms with Crippen molar-refractivity contribution < 1.29 is 19.1 Å². The molecule has 0 aromatic carbocycles. The first-order valence-electron chi connectivity index (χ1n) is 20.5. The highest BCUT2D eigenvalue weighted by atomic mass is 16.5. The molecule has 0 aliphatic carbocycles. The van der Waals surface area contributed by atoms with Crippen molar-refractivity contribution in [1.82, 2.24) is 0 Å². The lowest BCUT2D eigenvalue weighted by Gasteiger charge is -2.16. The van der Waals surface area contributed by atoms with Crippen molar-refractivity contribution >= 4 is 11.9 Å². The second-order valence-corrected chi connectivity index (χ2v) is 14.2. The van der Waals surface area contributed by atoms with Gasteiger partial charge in [-0.05, 0) is 76.0 Å². The van der Waals surface area contributed by atoms with E-state index in [1.165, 1.54) is 154 Å². The highest BCUT2D eigenvalue weighted by Crippen LogP contribution is 2.20. The van der Waals surface area contributed by atoms with Crippen LogP contribution in [0.2, 0.25) is 0 Å². The van der Waals surface area contributed by atoms with Crippen LogP contribution < -0.4 is 0 Å². The van der Waals surface area contributed by atoms with Crippen LogP contribution in [0.25, 0.3) is 0 Å². The number of rotatable bonds is 36. The summed E-state index contributed by atoms with van der Waals surface area (Å²) in [6.45, 7) is 10.2. The van der Waals surface area contributed by atoms with E-state index in [0.717, 1.165) is 25.7 Å². The predicted molar refractivity (Wildman–Crippen MR) is 199 cm³/mol. The van der Waals surface area contributed by atoms with E-state index in [0.29, 0.717) is 37.9 Å². The van der Waals surface area contributed by atoms with Crippen LogP contribution in [-0.2, 0) is 19.1 Å². The molecule has 0 spiro atoms. The number of carbonyl (C=O) groups is 2. The molecule has 4 nitrogen and oxygen atoms in total. The van der Waals surface area contributed by atoms with Gasteiger partial charge in [0.15, 0.2) is 0 Å². The summed E-state index contributed by atoms with van der Waals surface area (Å²) >= 11 is 0. The van der Waals surface area contributed by atoms with Crippen molar-refractivity contribution in [3.8, 4) is 0 Å². The van der Waals surface area contributed by atoms with Gasteiger partial charge in [0.1, 0.15) is 0 Å². The topological polar surface area (TPSA) is 52.6 Å². The molecule has 2 atom stereocenters. The zero-order chi connectivity index (χ0) is 33.8. The summed E-state index contributed by atoms with van der Waals surface area (Å²) in [7, 11) is 0. The smallest absolute Gasteiger partial charge is 0.305 e. The molecule has 0 radical (unpaired) electrons. The largest absolute Gasteiger partial charge is 0.465 e. The Morgan fingerprint density at radius 3 is 1.13 bits per heavy atom. The molecule has 46 heavy (non-hydrogen) atoms. The number of carbonyl (C=O) groups excluding carboxylic acids is 2. The van der Waals surface area contributed by atoms with Gasteiger partial charge in [0, 0.05) is 12.8 Å². The summed E-state index contributed by atoms with van der Waals surface area (Å²) in [5.74, 6) is 1.13. The highest BCUT2D eigenvalue weighted by molar-refractivity contribution is 5.69. The van der Waals surface area contributed by atoms with Crippen LogP contribution in [0.4, 0.5) is 0 Å². The molecule has 0 saturated carbocycles. The van der Waals surface area contributed by atoms with Gasteiger partial charge < -0.3 is 9.47 Å². The lowest BCUT2D eigenvalue weighted by Crippen LogP contribution is -2.14. The molecule has 4 heteroatoms. The molecular weight excluding hydrogens is 568 g/mol. The molecule has 272 valence electrons. The molecular formula is C42H80O4. The molecule has 0 aliphatic heterocycles. The van der Waals surface area contributed by atoms with Crippen LogP contribution in [0.5, 0.6) is 0 Å². The Hall–Kier alpha value is -1.32. The molecule has 0 heterocycles. The molecule has 0 fully saturated rings. The van der Waals surface area contributed by atoms with Crippen molar-refractivity contribution in [2.45, 2.75) is 220 Å². The van der Waals surface area contributed by atoms with E-state index < -0.39 is 0 Å². The monoisotopic (exact) mass is 649 g/mol. The minimum absolute atomic E-state index is 0.00940. The van der Waals surface area contributed by atoms with Gasteiger partial charge in [0.2, 0.25) is 0 Å². The second kappa shape index (κ2) is 36.5. The summed E-state index contributed by atoms with van der Waals surface area (Å²) in [6, 6.07) is 0. The number of allylic oxidation sites excluding steroid dienone is 2. The third kappa shape index (κ3) is 32.6. The number of ether oxygens (including phenoxy) is 2. The van der Waals surface area contributed by atoms with E-state index in [9.17, 15) is 9.59 Å². The van der Waals surface area contributed by atoms with Crippen LogP contribution in [0.1, 0.15) is 220 Å². The molecule has 0 aromatic rings. The maximum absolute atomic E-state index is 12.2. The fourth-order valence-corrected chi connectivity index (χ4v) is 6.25. The quantitative estimate of drug-likeness (QED) is 0.0385. The Labute approximate surface area is 288 Å². The Balaban J connectivity index is 3.65. The van der Waals surface area contributed by atoms with Crippen LogP contribution in [-0.4, -0.2) is 25.2 Å². The maximum Gasteiger partial charge on any atom is 0.305 e. The van der Waals surface area contributed by atoms with Crippen LogP contribution in [0, 0.1) is 11.8 Å². The minimum atomic E-state index is 0.00940. The number of hydrogen-bond acceptors (Lipinski definition) is 4. The third-order valence-corrected chi connectivity index (χ3v) is 9.49. The Morgan fingerprint density at radius 1 is 0.413 bits per heavy atom. The van der Waals surface area contributed by atoms with Gasteiger partial charge in [-0.25, -0.2) is 0 Å². The van der Waals surface area contributed by atoms with Crippen molar-refractivity contribution in [1.29, 1.82) is 0 Å². The highest BCUT2D eigenvalue weighted by Gasteiger charge is 2.13. The molecule has 2 unspecified atom stereocenters. The van der Waals surface area contributed by atoms with Crippen molar-refractivity contribution in [2.24, 2.45) is 11.8 Å². The molecule has 0 N–H and O–H groups in total. The first kappa shape index (κ1) is 44.7. The lowest BCUT2D eigenvalue weighted by atomic mass is 9.96. The maximum atomic E-state index is 12.2. The predicted octanol–water partition coefficient (Wildman–Crippen LogP) is 13.6. The molecule has 0 amide bonds. The second-order valence-electron chi connectivity index (χ2n) is 14.2. The van der Waals surface area contributed by atoms with Gasteiger partial charge in [-0.15, -0.1) is 0 Å². The Bertz CT molecular complexity index is 617. The molecule has 0 aromatic heterocycles. The van der Waals surface area contributed by atoms with Gasteiger partial charge in [0.05, 0.1) is 13.2 Å². The third-order valence-electron chi connectivity index (χ3n) is 9.49. The Morgan fingerprint density at radius 2 is 0.739 bits per heavy atom. The van der Waals surface area contributed by atoms with Gasteiger partial charge in [-0.3, -0.25) is 9.59 Å². The molecule has 0 aliphatic rings. The molecule has 0 bridgehead atoms. The van der Waals surface area contributed by atoms with Gasteiger partial charge in [0.25, 0.3) is 0 Å². The first-order valence-corrected chi connectivity index (χ1v) is 20.5. The SMILES string of the molecule is CCCCCCC(CCCC)COC(=O)CCCCCCC/C=C/CCCCCCCC(=O)OCC(CCCC)CCCCCC. The van der Waals surface area contributed by atoms with E-state index in [1.807, 2.05) is 0 Å². The van der Waals surface area contributed by atoms with Gasteiger partial charge >= 0.3 is 11.9 Å². The zero-order valence-electron chi connectivity index (χ0n) is 31.6. The van der Waals surface area contributed by atoms with E-state index in [4.69, 9.17) is 9.47 Å². The van der Waals surface area contributed by atoms with E-state index in [1.54, 1.807) is 0 Å². The van der Waals surface area contributed by atoms with E-state index in [2.05, 4.69) is 39.8 Å². The zero-order valence-corrected chi connectivity index (χ0v) is 31.6. The summed E-state index contributed by atoms with van der Waals surface area (Å²) in [4.78, 5) is 24.4. The number of unbranched alkanes of at least 4 members (excludes halogenated alkanes) is 18. The average molecular weight is 649 g/mol. The fourth-order valence-electron chi connectivity index (χ4n) is 6.25. The summed E-state index contributed by atoms with van der Waals surface area (Å²) in [5.41, 5.74) is 0. The van der Waals surface area contributed by atoms with Gasteiger partial charge in [-0.2, -0.15) is 0 Å². The van der Waals surface area contributed by atoms with Crippen LogP contribution >= 0.6 is 0 Å². The summed E-state index contributed by atoms with van der Waals surface area (Å²) < 4.78 is 11.3. The van der Waals surface area contributed by atoms with E-state index >= 15 is 0 Å². The van der Waals surface area contributed by atoms with Crippen molar-refractivity contribution in [3.63, 3.8) is 0 Å². The normalized spacial score (nSPS) is 12.9. The standard InChI is InChI=1S/C42H80O4/c1-5-9-13-27-33-39(31-11-7-3)37-45-41(43)35-29-25-23-21-19-17-15-16-18-20-22-24-26-30-36-42(44)46-38-40(32-12-8-4)34-28-14-10-6-2/h15-16,39-40H,5-14,17-38H2,1-4H3/b16-15+. The fraction of sp³-hybridized carbons (Fsp3) is 0.905. The number of esters is 2. The Kier molecular flexibility index (Phi) is 35.5. The minimum Gasteiger partial charge on any atom is -0.465 e. The van der Waals surface area contributed by atoms with Crippen molar-refractivity contribution in [3.05, 3.63) is 12.2 Å². The van der Waals surface area contributed by atoms with Crippen LogP contribution in [0.15, 0.2) is 12.2 Å². The summed E-state index contributed by atoms with van der Waals surface area (Å²) in [6.07, 6.45) is 39.9. The summed E-state index contributed by atoms with van der Waals surface area (Å²) in [5, 5.41) is 0. The molecule has 0 saturated heterocycles. The average Bonchev–Trinajstić information content (AvgIpc) is 3.06. The van der Waals surface area contributed by atoms with Crippen LogP contribution in [0.3, 0.4) is 0 Å². The lowest BCUT2D eigenvalue weighted by molar-refractivity contribution is -0.146. The first-order chi connectivity index (χ1) is 22.6. The van der Waals surface area contributed by atoms with Gasteiger partial charge in [-0.1, -0.05) is 155 Å². The number of hydrogen-bond donors (Lipinski definition) is 0.